The number of hydrogen-bond donors (Lipinski definition) is 1. The molecule has 7 rings (SSSR count). The van der Waals surface area contributed by atoms with Gasteiger partial charge in [-0.05, 0) is 98.8 Å². The Morgan fingerprint density at radius 3 is 2.57 bits per heavy atom. The molecule has 0 spiro atoms. The number of methoxy groups -OCH3 is 1. The van der Waals surface area contributed by atoms with Crippen LogP contribution in [0.4, 0.5) is 0 Å². The van der Waals surface area contributed by atoms with Gasteiger partial charge in [0.15, 0.2) is 0 Å². The second-order valence-electron chi connectivity index (χ2n) is 11.2. The first-order valence-electron chi connectivity index (χ1n) is 13.7. The molecule has 196 valence electrons. The van der Waals surface area contributed by atoms with E-state index in [0.717, 1.165) is 65.9 Å². The number of furan rings is 1. The van der Waals surface area contributed by atoms with Crippen molar-refractivity contribution in [2.45, 2.75) is 63.8 Å². The molecular formula is C30H35NO4S2. The first-order chi connectivity index (χ1) is 18.0. The zero-order valence-electron chi connectivity index (χ0n) is 21.4. The lowest BCUT2D eigenvalue weighted by molar-refractivity contribution is -0.130. The predicted molar refractivity (Wildman–Crippen MR) is 151 cm³/mol. The second-order valence-corrected chi connectivity index (χ2v) is 12.9. The van der Waals surface area contributed by atoms with E-state index in [4.69, 9.17) is 21.4 Å². The summed E-state index contributed by atoms with van der Waals surface area (Å²) in [7, 11) is 1.66. The maximum atomic E-state index is 13.8. The largest absolute Gasteiger partial charge is 0.497 e. The number of aliphatic hydroxyl groups is 1. The van der Waals surface area contributed by atoms with Crippen LogP contribution in [0, 0.1) is 23.7 Å². The number of rotatable bonds is 9. The number of hydrogen-bond acceptors (Lipinski definition) is 6. The van der Waals surface area contributed by atoms with E-state index < -0.39 is 0 Å². The van der Waals surface area contributed by atoms with Crippen LogP contribution in [0.25, 0.3) is 17.4 Å². The minimum absolute atomic E-state index is 0.0537. The standard InChI is InChI=1S/C30H35NO4S2/c1-34-24-8-5-7-20(15-24)25-16-21(6-3-2-4-9-32)26(35-25)17-27-29(33)31(30(36)37-27)28-22-11-18-10-19(13-22)14-23(28)12-18/h5,7-8,15-19,22-23,28,32H,2-4,6,9-14H2,1H3. The number of unbranched alkanes of at least 4 members (excludes halogenated alkanes) is 2. The van der Waals surface area contributed by atoms with Crippen molar-refractivity contribution in [3.8, 4) is 17.1 Å². The number of carbonyl (C=O) groups excluding carboxylic acids is 1. The number of ether oxygens (including phenoxy) is 1. The van der Waals surface area contributed by atoms with Crippen molar-refractivity contribution in [1.29, 1.82) is 0 Å². The third-order valence-electron chi connectivity index (χ3n) is 8.86. The number of aliphatic hydroxyl groups excluding tert-OH is 1. The molecule has 4 bridgehead atoms. The molecule has 1 aliphatic heterocycles. The topological polar surface area (TPSA) is 62.9 Å². The molecule has 7 heteroatoms. The number of amides is 1. The van der Waals surface area contributed by atoms with Crippen molar-refractivity contribution >= 4 is 40.3 Å². The summed E-state index contributed by atoms with van der Waals surface area (Å²) in [5.74, 6) is 5.24. The summed E-state index contributed by atoms with van der Waals surface area (Å²) < 4.78 is 12.5. The highest BCUT2D eigenvalue weighted by atomic mass is 32.2. The Kier molecular flexibility index (Phi) is 7.21. The van der Waals surface area contributed by atoms with Crippen LogP contribution in [0.1, 0.15) is 62.7 Å². The zero-order valence-corrected chi connectivity index (χ0v) is 23.0. The van der Waals surface area contributed by atoms with E-state index in [-0.39, 0.29) is 18.6 Å². The van der Waals surface area contributed by atoms with Gasteiger partial charge in [-0.25, -0.2) is 0 Å². The molecule has 0 radical (unpaired) electrons. The van der Waals surface area contributed by atoms with Crippen LogP contribution in [0.5, 0.6) is 5.75 Å². The van der Waals surface area contributed by atoms with Crippen LogP contribution in [0.2, 0.25) is 0 Å². The quantitative estimate of drug-likeness (QED) is 0.219. The molecule has 1 aromatic carbocycles. The predicted octanol–water partition coefficient (Wildman–Crippen LogP) is 6.69. The molecule has 5 nitrogen and oxygen atoms in total. The lowest BCUT2D eigenvalue weighted by Gasteiger charge is -2.56. The van der Waals surface area contributed by atoms with Crippen molar-refractivity contribution in [2.75, 3.05) is 13.7 Å². The number of carbonyl (C=O) groups is 1. The smallest absolute Gasteiger partial charge is 0.266 e. The molecule has 37 heavy (non-hydrogen) atoms. The van der Waals surface area contributed by atoms with E-state index in [1.54, 1.807) is 7.11 Å². The van der Waals surface area contributed by atoms with Crippen LogP contribution in [0.3, 0.4) is 0 Å². The van der Waals surface area contributed by atoms with Gasteiger partial charge in [0.25, 0.3) is 5.91 Å². The molecule has 5 aliphatic rings. The third kappa shape index (κ3) is 4.90. The number of benzene rings is 1. The summed E-state index contributed by atoms with van der Waals surface area (Å²) in [6, 6.07) is 10.2. The first kappa shape index (κ1) is 25.2. The van der Waals surface area contributed by atoms with Crippen LogP contribution >= 0.6 is 24.0 Å². The monoisotopic (exact) mass is 537 g/mol. The summed E-state index contributed by atoms with van der Waals surface area (Å²) in [5, 5.41) is 9.18. The van der Waals surface area contributed by atoms with E-state index in [9.17, 15) is 9.90 Å². The van der Waals surface area contributed by atoms with Crippen LogP contribution < -0.4 is 4.74 Å². The normalized spacial score (nSPS) is 29.6. The summed E-state index contributed by atoms with van der Waals surface area (Å²) in [6.07, 6.45) is 11.9. The van der Waals surface area contributed by atoms with Gasteiger partial charge in [-0.3, -0.25) is 9.69 Å². The number of thioether (sulfide) groups is 1. The van der Waals surface area contributed by atoms with Gasteiger partial charge in [0, 0.05) is 24.3 Å². The van der Waals surface area contributed by atoms with Crippen LogP contribution in [-0.2, 0) is 11.2 Å². The Hall–Kier alpha value is -2.09. The van der Waals surface area contributed by atoms with Crippen molar-refractivity contribution in [3.63, 3.8) is 0 Å². The average molecular weight is 538 g/mol. The van der Waals surface area contributed by atoms with Crippen LogP contribution in [0.15, 0.2) is 39.7 Å². The fourth-order valence-corrected chi connectivity index (χ4v) is 8.77. The average Bonchev–Trinajstić information content (AvgIpc) is 3.42. The Bertz CT molecular complexity index is 1190. The van der Waals surface area contributed by atoms with E-state index >= 15 is 0 Å². The molecule has 2 heterocycles. The molecule has 2 aromatic rings. The molecule has 1 aromatic heterocycles. The zero-order chi connectivity index (χ0) is 25.5. The Labute approximate surface area is 228 Å². The fraction of sp³-hybridized carbons (Fsp3) is 0.533. The fourth-order valence-electron chi connectivity index (χ4n) is 7.46. The van der Waals surface area contributed by atoms with Gasteiger partial charge in [0.2, 0.25) is 0 Å². The van der Waals surface area contributed by atoms with E-state index in [1.165, 1.54) is 43.9 Å². The van der Waals surface area contributed by atoms with Crippen molar-refractivity contribution in [1.82, 2.24) is 4.90 Å². The maximum Gasteiger partial charge on any atom is 0.266 e. The van der Waals surface area contributed by atoms with Crippen molar-refractivity contribution in [3.05, 3.63) is 46.6 Å². The molecule has 1 saturated heterocycles. The maximum absolute atomic E-state index is 13.8. The second kappa shape index (κ2) is 10.6. The van der Waals surface area contributed by atoms with Crippen molar-refractivity contribution in [2.24, 2.45) is 23.7 Å². The molecule has 1 amide bonds. The highest BCUT2D eigenvalue weighted by Crippen LogP contribution is 2.56. The van der Waals surface area contributed by atoms with Gasteiger partial charge in [0.05, 0.1) is 12.0 Å². The van der Waals surface area contributed by atoms with Crippen LogP contribution in [-0.4, -0.2) is 40.0 Å². The minimum atomic E-state index is 0.0537. The number of aryl methyl sites for hydroxylation is 1. The molecular weight excluding hydrogens is 502 g/mol. The summed E-state index contributed by atoms with van der Waals surface area (Å²) in [6.45, 7) is 0.209. The third-order valence-corrected chi connectivity index (χ3v) is 10.2. The van der Waals surface area contributed by atoms with E-state index in [1.807, 2.05) is 35.2 Å². The lowest BCUT2D eigenvalue weighted by atomic mass is 9.54. The van der Waals surface area contributed by atoms with Gasteiger partial charge < -0.3 is 14.3 Å². The molecule has 4 saturated carbocycles. The van der Waals surface area contributed by atoms with Gasteiger partial charge >= 0.3 is 0 Å². The van der Waals surface area contributed by atoms with Gasteiger partial charge in [-0.1, -0.05) is 42.5 Å². The van der Waals surface area contributed by atoms with Gasteiger partial charge in [0.1, 0.15) is 21.6 Å². The van der Waals surface area contributed by atoms with Gasteiger partial charge in [-0.2, -0.15) is 0 Å². The molecule has 5 fully saturated rings. The van der Waals surface area contributed by atoms with Gasteiger partial charge in [-0.15, -0.1) is 0 Å². The SMILES string of the molecule is COc1cccc(-c2cc(CCCCCO)c(C=C3SC(=S)N(C4C5CC6CC(C5)CC4C6)C3=O)o2)c1. The minimum Gasteiger partial charge on any atom is -0.497 e. The molecule has 1 N–H and O–H groups in total. The summed E-state index contributed by atoms with van der Waals surface area (Å²) >= 11 is 7.24. The Morgan fingerprint density at radius 1 is 1.11 bits per heavy atom. The Morgan fingerprint density at radius 2 is 1.86 bits per heavy atom. The highest BCUT2D eigenvalue weighted by molar-refractivity contribution is 8.26. The number of nitrogens with zero attached hydrogens (tertiary/aromatic N) is 1. The van der Waals surface area contributed by atoms with E-state index in [2.05, 4.69) is 6.07 Å². The highest BCUT2D eigenvalue weighted by Gasteiger charge is 2.53. The first-order valence-corrected chi connectivity index (χ1v) is 14.9. The van der Waals surface area contributed by atoms with Crippen molar-refractivity contribution < 1.29 is 19.1 Å². The summed E-state index contributed by atoms with van der Waals surface area (Å²) in [5.41, 5.74) is 2.02. The molecule has 0 atom stereocenters. The molecule has 0 unspecified atom stereocenters. The summed E-state index contributed by atoms with van der Waals surface area (Å²) in [4.78, 5) is 16.4. The molecule has 4 aliphatic carbocycles. The Balaban J connectivity index is 1.28. The van der Waals surface area contributed by atoms with E-state index in [0.29, 0.717) is 21.1 Å². The number of thiocarbonyl (C=S) groups is 1. The lowest BCUT2D eigenvalue weighted by Crippen LogP contribution is -2.57.